The van der Waals surface area contributed by atoms with E-state index < -0.39 is 23.4 Å². The van der Waals surface area contributed by atoms with Gasteiger partial charge in [-0.25, -0.2) is 28.9 Å². The van der Waals surface area contributed by atoms with Crippen LogP contribution in [0, 0.1) is 0 Å². The predicted octanol–water partition coefficient (Wildman–Crippen LogP) is 3.80. The summed E-state index contributed by atoms with van der Waals surface area (Å²) >= 11 is 0. The zero-order chi connectivity index (χ0) is 26.6. The largest absolute Gasteiger partial charge is 0.467 e. The number of alkyl carbamates (subject to hydrolysis) is 1. The molecule has 2 aliphatic rings. The number of rotatable bonds is 7. The van der Waals surface area contributed by atoms with E-state index in [4.69, 9.17) is 9.47 Å². The molecule has 2 N–H and O–H groups in total. The van der Waals surface area contributed by atoms with Crippen molar-refractivity contribution in [2.45, 2.75) is 82.6 Å². The van der Waals surface area contributed by atoms with Gasteiger partial charge >= 0.3 is 18.1 Å². The van der Waals surface area contributed by atoms with Crippen LogP contribution in [0.5, 0.6) is 6.01 Å². The molecule has 12 heteroatoms. The minimum Gasteiger partial charge on any atom is -0.467 e. The van der Waals surface area contributed by atoms with Crippen molar-refractivity contribution in [1.29, 1.82) is 0 Å². The number of amides is 3. The lowest BCUT2D eigenvalue weighted by molar-refractivity contribution is 0.0491. The maximum atomic E-state index is 14.2. The van der Waals surface area contributed by atoms with Crippen molar-refractivity contribution in [3.63, 3.8) is 0 Å². The molecule has 0 saturated heterocycles. The van der Waals surface area contributed by atoms with Crippen molar-refractivity contribution in [1.82, 2.24) is 30.6 Å². The fourth-order valence-electron chi connectivity index (χ4n) is 4.19. The lowest BCUT2D eigenvalue weighted by Gasteiger charge is -2.36. The van der Waals surface area contributed by atoms with Gasteiger partial charge in [-0.3, -0.25) is 9.88 Å². The Morgan fingerprint density at radius 3 is 2.27 bits per heavy atom. The van der Waals surface area contributed by atoms with Crippen molar-refractivity contribution in [3.05, 3.63) is 24.8 Å². The monoisotopic (exact) mass is 515 g/mol. The molecule has 200 valence electrons. The fraction of sp³-hybridized carbons (Fsp3) is 0.600. The number of hydrogen-bond donors (Lipinski definition) is 2. The summed E-state index contributed by atoms with van der Waals surface area (Å²) in [6.45, 7) is 5.41. The van der Waals surface area contributed by atoms with Gasteiger partial charge in [-0.1, -0.05) is 0 Å². The van der Waals surface area contributed by atoms with Crippen LogP contribution in [-0.4, -0.2) is 69.1 Å². The highest BCUT2D eigenvalue weighted by atomic mass is 19.1. The number of alkyl halides is 1. The summed E-state index contributed by atoms with van der Waals surface area (Å²) in [5, 5.41) is 5.64. The first-order valence-corrected chi connectivity index (χ1v) is 12.5. The Morgan fingerprint density at radius 1 is 1.05 bits per heavy atom. The number of ether oxygens (including phenoxy) is 2. The summed E-state index contributed by atoms with van der Waals surface area (Å²) in [6.07, 6.45) is 9.26. The molecule has 0 unspecified atom stereocenters. The Labute approximate surface area is 215 Å². The molecule has 2 heterocycles. The number of halogens is 1. The van der Waals surface area contributed by atoms with Crippen molar-refractivity contribution in [3.8, 4) is 17.3 Å². The number of carbonyl (C=O) groups is 2. The molecule has 2 saturated carbocycles. The van der Waals surface area contributed by atoms with Gasteiger partial charge in [0.15, 0.2) is 5.82 Å². The summed E-state index contributed by atoms with van der Waals surface area (Å²) in [5.74, 6) is 0.364. The van der Waals surface area contributed by atoms with Crippen LogP contribution in [0.15, 0.2) is 24.8 Å². The minimum atomic E-state index is -1.32. The van der Waals surface area contributed by atoms with Crippen LogP contribution in [0.25, 0.3) is 11.3 Å². The van der Waals surface area contributed by atoms with Crippen LogP contribution in [0.4, 0.5) is 19.8 Å². The Hall–Kier alpha value is -3.57. The topological polar surface area (TPSA) is 131 Å². The summed E-state index contributed by atoms with van der Waals surface area (Å²) in [6, 6.07) is -0.410. The highest BCUT2D eigenvalue weighted by molar-refractivity contribution is 5.91. The van der Waals surface area contributed by atoms with E-state index >= 15 is 0 Å². The summed E-state index contributed by atoms with van der Waals surface area (Å²) in [5.41, 5.74) is -0.704. The van der Waals surface area contributed by atoms with E-state index in [1.807, 2.05) is 20.8 Å². The molecular weight excluding hydrogens is 481 g/mol. The molecule has 0 aromatic carbocycles. The van der Waals surface area contributed by atoms with Gasteiger partial charge in [0.05, 0.1) is 31.7 Å². The van der Waals surface area contributed by atoms with Gasteiger partial charge in [0.2, 0.25) is 0 Å². The second-order valence-electron chi connectivity index (χ2n) is 10.5. The number of nitrogens with one attached hydrogen (secondary N) is 2. The molecule has 37 heavy (non-hydrogen) atoms. The van der Waals surface area contributed by atoms with Gasteiger partial charge in [0.25, 0.3) is 0 Å². The zero-order valence-corrected chi connectivity index (χ0v) is 21.7. The van der Waals surface area contributed by atoms with Gasteiger partial charge in [-0.05, 0) is 59.3 Å². The lowest BCUT2D eigenvalue weighted by Crippen LogP contribution is -2.51. The fourth-order valence-corrected chi connectivity index (χ4v) is 4.19. The van der Waals surface area contributed by atoms with Gasteiger partial charge in [-0.2, -0.15) is 0 Å². The van der Waals surface area contributed by atoms with E-state index in [9.17, 15) is 14.0 Å². The molecule has 0 radical (unpaired) electrons. The first-order valence-electron chi connectivity index (χ1n) is 12.5. The molecule has 0 aliphatic heterocycles. The first kappa shape index (κ1) is 26.5. The quantitative estimate of drug-likeness (QED) is 0.569. The molecule has 0 bridgehead atoms. The van der Waals surface area contributed by atoms with Crippen LogP contribution >= 0.6 is 0 Å². The van der Waals surface area contributed by atoms with Crippen molar-refractivity contribution in [2.24, 2.45) is 0 Å². The van der Waals surface area contributed by atoms with Crippen molar-refractivity contribution in [2.75, 3.05) is 18.6 Å². The Balaban J connectivity index is 1.45. The highest BCUT2D eigenvalue weighted by Crippen LogP contribution is 2.39. The molecule has 2 aromatic heterocycles. The molecular formula is C25H34FN7O4. The van der Waals surface area contributed by atoms with Crippen molar-refractivity contribution >= 4 is 17.9 Å². The number of anilines is 1. The van der Waals surface area contributed by atoms with E-state index in [0.717, 1.165) is 0 Å². The number of hydrogen-bond acceptors (Lipinski definition) is 8. The number of carbonyl (C=O) groups excluding carboxylic acids is 2. The highest BCUT2D eigenvalue weighted by Gasteiger charge is 2.44. The second kappa shape index (κ2) is 10.8. The standard InChI is InChI=1S/C25H34FN7O4/c1-24(2,3)37-23(35)32-17-5-7-18(8-6-17)33(22(34)31-15-25(26)9-10-25)20-14-27-19(13-28-20)16-11-29-21(36-4)30-12-16/h11-14,17-18H,5-10,15H2,1-4H3,(H,31,34)(H,32,35). The smallest absolute Gasteiger partial charge is 0.407 e. The number of urea groups is 1. The average Bonchev–Trinajstić information content (AvgIpc) is 3.61. The Morgan fingerprint density at radius 2 is 1.73 bits per heavy atom. The molecule has 2 aromatic rings. The van der Waals surface area contributed by atoms with Crippen LogP contribution < -0.4 is 20.3 Å². The number of nitrogens with zero attached hydrogens (tertiary/aromatic N) is 5. The normalized spacial score (nSPS) is 20.5. The third kappa shape index (κ3) is 7.23. The van der Waals surface area contributed by atoms with Gasteiger partial charge in [-0.15, -0.1) is 0 Å². The van der Waals surface area contributed by atoms with E-state index in [-0.39, 0.29) is 24.6 Å². The van der Waals surface area contributed by atoms with Crippen LogP contribution in [-0.2, 0) is 4.74 Å². The van der Waals surface area contributed by atoms with Crippen LogP contribution in [0.2, 0.25) is 0 Å². The molecule has 3 amide bonds. The Bertz CT molecular complexity index is 1080. The number of methoxy groups -OCH3 is 1. The zero-order valence-electron chi connectivity index (χ0n) is 21.7. The average molecular weight is 516 g/mol. The number of aromatic nitrogens is 4. The molecule has 0 spiro atoms. The van der Waals surface area contributed by atoms with E-state index in [0.29, 0.717) is 55.6 Å². The Kier molecular flexibility index (Phi) is 7.74. The van der Waals surface area contributed by atoms with E-state index in [2.05, 4.69) is 30.6 Å². The predicted molar refractivity (Wildman–Crippen MR) is 134 cm³/mol. The third-order valence-electron chi connectivity index (χ3n) is 6.34. The SMILES string of the molecule is COc1ncc(-c2cnc(N(C(=O)NCC3(F)CC3)C3CCC(NC(=O)OC(C)(C)C)CC3)cn2)cn1. The van der Waals surface area contributed by atoms with Crippen molar-refractivity contribution < 1.29 is 23.5 Å². The molecule has 2 aliphatic carbocycles. The van der Waals surface area contributed by atoms with Gasteiger partial charge in [0, 0.05) is 30.0 Å². The molecule has 4 rings (SSSR count). The first-order chi connectivity index (χ1) is 17.5. The van der Waals surface area contributed by atoms with E-state index in [1.165, 1.54) is 13.3 Å². The maximum absolute atomic E-state index is 14.2. The van der Waals surface area contributed by atoms with Gasteiger partial charge in [0.1, 0.15) is 11.3 Å². The maximum Gasteiger partial charge on any atom is 0.407 e. The third-order valence-corrected chi connectivity index (χ3v) is 6.34. The molecule has 11 nitrogen and oxygen atoms in total. The molecule has 2 fully saturated rings. The van der Waals surface area contributed by atoms with Crippen LogP contribution in [0.1, 0.15) is 59.3 Å². The van der Waals surface area contributed by atoms with Gasteiger partial charge < -0.3 is 20.1 Å². The second-order valence-corrected chi connectivity index (χ2v) is 10.5. The summed E-state index contributed by atoms with van der Waals surface area (Å²) in [7, 11) is 1.48. The minimum absolute atomic E-state index is 0.0351. The van der Waals surface area contributed by atoms with E-state index in [1.54, 1.807) is 23.5 Å². The summed E-state index contributed by atoms with van der Waals surface area (Å²) in [4.78, 5) is 44.1. The van der Waals surface area contributed by atoms with Crippen LogP contribution in [0.3, 0.4) is 0 Å². The summed E-state index contributed by atoms with van der Waals surface area (Å²) < 4.78 is 24.6. The lowest BCUT2D eigenvalue weighted by atomic mass is 9.90. The molecule has 0 atom stereocenters.